The number of amides is 1. The average molecular weight is 241 g/mol. The van der Waals surface area contributed by atoms with Gasteiger partial charge in [0.2, 0.25) is 5.91 Å². The van der Waals surface area contributed by atoms with Crippen LogP contribution < -0.4 is 4.72 Å². The maximum atomic E-state index is 11.1. The third-order valence-corrected chi connectivity index (χ3v) is 4.24. The fourth-order valence-corrected chi connectivity index (χ4v) is 3.14. The highest BCUT2D eigenvalue weighted by molar-refractivity contribution is 8.23. The molecule has 0 radical (unpaired) electrons. The number of nitrogens with one attached hydrogen (secondary N) is 1. The Bertz CT molecular complexity index is 429. The molecule has 2 rings (SSSR count). The molecule has 1 unspecified atom stereocenters. The van der Waals surface area contributed by atoms with Gasteiger partial charge in [-0.3, -0.25) is 23.4 Å². The minimum absolute atomic E-state index is 0.0583. The van der Waals surface area contributed by atoms with Crippen molar-refractivity contribution in [3.05, 3.63) is 35.4 Å². The van der Waals surface area contributed by atoms with Crippen LogP contribution in [0.3, 0.4) is 0 Å². The molecule has 3 N–H and O–H groups in total. The second kappa shape index (κ2) is 3.89. The lowest BCUT2D eigenvalue weighted by Gasteiger charge is -2.32. The van der Waals surface area contributed by atoms with Crippen LogP contribution in [0.4, 0.5) is 0 Å². The van der Waals surface area contributed by atoms with Gasteiger partial charge in [0, 0.05) is 5.56 Å². The van der Waals surface area contributed by atoms with Gasteiger partial charge in [-0.05, 0) is 5.56 Å². The normalized spacial score (nSPS) is 24.9. The van der Waals surface area contributed by atoms with E-state index in [-0.39, 0.29) is 12.3 Å². The predicted molar refractivity (Wildman–Crippen MR) is 60.2 cm³/mol. The van der Waals surface area contributed by atoms with E-state index in [1.165, 1.54) is 0 Å². The first-order valence-corrected chi connectivity index (χ1v) is 6.27. The topological polar surface area (TPSA) is 86.6 Å². The molecule has 16 heavy (non-hydrogen) atoms. The van der Waals surface area contributed by atoms with Gasteiger partial charge in [0.1, 0.15) is 11.5 Å². The molecule has 0 aliphatic carbocycles. The lowest BCUT2D eigenvalue weighted by atomic mass is 10.1. The van der Waals surface area contributed by atoms with Crippen molar-refractivity contribution in [1.29, 1.82) is 0 Å². The van der Waals surface area contributed by atoms with Gasteiger partial charge in [0.15, 0.2) is 0 Å². The van der Waals surface area contributed by atoms with Gasteiger partial charge in [-0.15, -0.1) is 10.8 Å². The van der Waals surface area contributed by atoms with Crippen molar-refractivity contribution in [2.75, 3.05) is 0 Å². The molecule has 1 atom stereocenters. The van der Waals surface area contributed by atoms with Gasteiger partial charge in [-0.1, -0.05) is 24.3 Å². The van der Waals surface area contributed by atoms with Crippen molar-refractivity contribution < 1.29 is 18.7 Å². The van der Waals surface area contributed by atoms with Gasteiger partial charge < -0.3 is 0 Å². The zero-order chi connectivity index (χ0) is 11.8. The van der Waals surface area contributed by atoms with E-state index in [4.69, 9.17) is 0 Å². The Labute approximate surface area is 94.0 Å². The highest BCUT2D eigenvalue weighted by Gasteiger charge is 2.37. The number of benzene rings is 1. The number of aldehydes is 1. The Balaban J connectivity index is 2.30. The Morgan fingerprint density at radius 1 is 1.31 bits per heavy atom. The number of carbonyl (C=O) groups excluding carboxylic acids is 2. The van der Waals surface area contributed by atoms with E-state index in [1.54, 1.807) is 24.3 Å². The van der Waals surface area contributed by atoms with Gasteiger partial charge in [-0.25, -0.2) is 0 Å². The molecular weight excluding hydrogens is 230 g/mol. The van der Waals surface area contributed by atoms with E-state index in [1.807, 2.05) is 0 Å². The molecule has 0 aromatic heterocycles. The van der Waals surface area contributed by atoms with E-state index in [0.29, 0.717) is 17.4 Å². The standard InChI is InChI=1S/C10H11NO4S/c12-6-7-1-3-8(4-2-7)9-5-10(13)11-16(9,14)15/h1-4,6,9,14-15H,5H2,(H,11,13). The Morgan fingerprint density at radius 2 is 1.94 bits per heavy atom. The molecule has 1 heterocycles. The number of rotatable bonds is 2. The van der Waals surface area contributed by atoms with E-state index in [2.05, 4.69) is 4.72 Å². The monoisotopic (exact) mass is 241 g/mol. The van der Waals surface area contributed by atoms with Crippen molar-refractivity contribution in [2.45, 2.75) is 11.7 Å². The summed E-state index contributed by atoms with van der Waals surface area (Å²) in [5.41, 5.74) is 1.15. The van der Waals surface area contributed by atoms with E-state index < -0.39 is 16.0 Å². The second-order valence-corrected chi connectivity index (χ2v) is 5.55. The minimum Gasteiger partial charge on any atom is -0.298 e. The van der Waals surface area contributed by atoms with E-state index >= 15 is 0 Å². The number of carbonyl (C=O) groups is 2. The second-order valence-electron chi connectivity index (χ2n) is 3.60. The molecule has 0 saturated carbocycles. The molecule has 1 aliphatic rings. The summed E-state index contributed by atoms with van der Waals surface area (Å²) in [6.45, 7) is 0. The van der Waals surface area contributed by atoms with Crippen LogP contribution in [0.25, 0.3) is 0 Å². The van der Waals surface area contributed by atoms with Gasteiger partial charge in [0.05, 0.1) is 6.42 Å². The zero-order valence-electron chi connectivity index (χ0n) is 8.29. The summed E-state index contributed by atoms with van der Waals surface area (Å²) in [5.74, 6) is -0.371. The maximum Gasteiger partial charge on any atom is 0.240 e. The summed E-state index contributed by atoms with van der Waals surface area (Å²) in [6, 6.07) is 6.42. The molecule has 86 valence electrons. The highest BCUT2D eigenvalue weighted by atomic mass is 32.3. The SMILES string of the molecule is O=Cc1ccc(C2CC(=O)NS2(O)O)cc1. The first-order chi connectivity index (χ1) is 7.53. The van der Waals surface area contributed by atoms with Crippen molar-refractivity contribution in [3.8, 4) is 0 Å². The first kappa shape index (κ1) is 11.1. The lowest BCUT2D eigenvalue weighted by molar-refractivity contribution is -0.118. The number of hydrogen-bond acceptors (Lipinski definition) is 4. The van der Waals surface area contributed by atoms with Crippen LogP contribution in [0.2, 0.25) is 0 Å². The van der Waals surface area contributed by atoms with Crippen molar-refractivity contribution in [1.82, 2.24) is 4.72 Å². The largest absolute Gasteiger partial charge is 0.298 e. The molecule has 1 aromatic rings. The molecular formula is C10H11NO4S. The molecule has 1 saturated heterocycles. The molecule has 0 spiro atoms. The fourth-order valence-electron chi connectivity index (χ4n) is 1.66. The number of hydrogen-bond donors (Lipinski definition) is 3. The maximum absolute atomic E-state index is 11.1. The van der Waals surface area contributed by atoms with Gasteiger partial charge >= 0.3 is 0 Å². The third kappa shape index (κ3) is 1.95. The highest BCUT2D eigenvalue weighted by Crippen LogP contribution is 2.56. The fraction of sp³-hybridized carbons (Fsp3) is 0.200. The summed E-state index contributed by atoms with van der Waals surface area (Å²) in [5, 5.41) is -0.624. The van der Waals surface area contributed by atoms with Crippen LogP contribution in [0.15, 0.2) is 24.3 Å². The van der Waals surface area contributed by atoms with Crippen LogP contribution in [0.5, 0.6) is 0 Å². The van der Waals surface area contributed by atoms with Crippen LogP contribution in [0.1, 0.15) is 27.6 Å². The lowest BCUT2D eigenvalue weighted by Crippen LogP contribution is -2.18. The van der Waals surface area contributed by atoms with Crippen LogP contribution in [-0.2, 0) is 4.79 Å². The summed E-state index contributed by atoms with van der Waals surface area (Å²) in [6.07, 6.45) is 0.766. The predicted octanol–water partition coefficient (Wildman–Crippen LogP) is 1.73. The van der Waals surface area contributed by atoms with Crippen LogP contribution in [0, 0.1) is 0 Å². The summed E-state index contributed by atoms with van der Waals surface area (Å²) < 4.78 is 21.4. The van der Waals surface area contributed by atoms with Crippen molar-refractivity contribution in [3.63, 3.8) is 0 Å². The summed E-state index contributed by atoms with van der Waals surface area (Å²) in [4.78, 5) is 21.6. The van der Waals surface area contributed by atoms with E-state index in [9.17, 15) is 18.7 Å². The first-order valence-electron chi connectivity index (χ1n) is 4.66. The Kier molecular flexibility index (Phi) is 2.71. The molecule has 0 bridgehead atoms. The molecule has 6 heteroatoms. The van der Waals surface area contributed by atoms with Crippen LogP contribution >= 0.6 is 10.8 Å². The molecule has 5 nitrogen and oxygen atoms in total. The minimum atomic E-state index is -3.10. The summed E-state index contributed by atoms with van der Waals surface area (Å²) >= 11 is 0. The molecule has 1 amide bonds. The molecule has 1 aliphatic heterocycles. The third-order valence-electron chi connectivity index (χ3n) is 2.48. The summed E-state index contributed by atoms with van der Waals surface area (Å²) in [7, 11) is -3.10. The van der Waals surface area contributed by atoms with Crippen molar-refractivity contribution >= 4 is 23.0 Å². The van der Waals surface area contributed by atoms with E-state index in [0.717, 1.165) is 0 Å². The smallest absolute Gasteiger partial charge is 0.240 e. The average Bonchev–Trinajstić information content (AvgIpc) is 2.52. The quantitative estimate of drug-likeness (QED) is 0.688. The Morgan fingerprint density at radius 3 is 2.38 bits per heavy atom. The van der Waals surface area contributed by atoms with Gasteiger partial charge in [0.25, 0.3) is 0 Å². The zero-order valence-corrected chi connectivity index (χ0v) is 9.11. The van der Waals surface area contributed by atoms with Gasteiger partial charge in [-0.2, -0.15) is 0 Å². The Hall–Kier alpha value is -1.37. The molecule has 1 fully saturated rings. The van der Waals surface area contributed by atoms with Crippen LogP contribution in [-0.4, -0.2) is 21.3 Å². The van der Waals surface area contributed by atoms with Crippen molar-refractivity contribution in [2.24, 2.45) is 0 Å². The molecule has 1 aromatic carbocycles.